The Morgan fingerprint density at radius 1 is 1.14 bits per heavy atom. The SMILES string of the molecule is NC(Cc1ccc(O)cc1)C(=O)c1c(O)cccc1N(Cl)Cl. The standard InChI is InChI=1S/C15H14Cl2N2O3/c16-19(17)12-2-1-3-13(21)14(12)15(22)11(18)8-9-4-6-10(20)7-5-9/h1-7,11,20-21H,8,18H2. The van der Waals surface area contributed by atoms with Gasteiger partial charge < -0.3 is 15.9 Å². The number of nitrogens with zero attached hydrogens (tertiary/aromatic N) is 1. The van der Waals surface area contributed by atoms with E-state index in [0.717, 1.165) is 5.56 Å². The monoisotopic (exact) mass is 340 g/mol. The average Bonchev–Trinajstić information content (AvgIpc) is 2.48. The second-order valence-corrected chi connectivity index (χ2v) is 5.59. The van der Waals surface area contributed by atoms with E-state index in [2.05, 4.69) is 0 Å². The van der Waals surface area contributed by atoms with Gasteiger partial charge in [-0.25, -0.2) is 0 Å². The van der Waals surface area contributed by atoms with Crippen molar-refractivity contribution in [2.75, 3.05) is 3.94 Å². The Morgan fingerprint density at radius 2 is 1.77 bits per heavy atom. The van der Waals surface area contributed by atoms with Crippen molar-refractivity contribution in [2.45, 2.75) is 12.5 Å². The summed E-state index contributed by atoms with van der Waals surface area (Å²) in [5.74, 6) is -0.589. The lowest BCUT2D eigenvalue weighted by molar-refractivity contribution is 0.0959. The third-order valence-electron chi connectivity index (χ3n) is 3.18. The van der Waals surface area contributed by atoms with Gasteiger partial charge in [-0.1, -0.05) is 18.2 Å². The summed E-state index contributed by atoms with van der Waals surface area (Å²) < 4.78 is 0.709. The van der Waals surface area contributed by atoms with E-state index < -0.39 is 11.8 Å². The molecule has 0 aliphatic rings. The molecule has 1 atom stereocenters. The smallest absolute Gasteiger partial charge is 0.185 e. The summed E-state index contributed by atoms with van der Waals surface area (Å²) in [5, 5.41) is 19.2. The van der Waals surface area contributed by atoms with E-state index in [1.165, 1.54) is 30.3 Å². The summed E-state index contributed by atoms with van der Waals surface area (Å²) in [7, 11) is 0. The summed E-state index contributed by atoms with van der Waals surface area (Å²) in [6.45, 7) is 0. The summed E-state index contributed by atoms with van der Waals surface area (Å²) in [4.78, 5) is 12.5. The molecule has 2 aromatic carbocycles. The number of carbonyl (C=O) groups is 1. The van der Waals surface area contributed by atoms with Gasteiger partial charge in [0.2, 0.25) is 0 Å². The van der Waals surface area contributed by atoms with Crippen LogP contribution in [0.3, 0.4) is 0 Å². The van der Waals surface area contributed by atoms with Crippen molar-refractivity contribution in [2.24, 2.45) is 5.73 Å². The molecule has 7 heteroatoms. The first-order chi connectivity index (χ1) is 10.4. The maximum absolute atomic E-state index is 12.5. The number of Topliss-reactive ketones (excluding diaryl/α,β-unsaturated/α-hetero) is 1. The molecule has 1 unspecified atom stereocenters. The minimum atomic E-state index is -0.884. The van der Waals surface area contributed by atoms with Crippen molar-refractivity contribution in [1.82, 2.24) is 0 Å². The average molecular weight is 341 g/mol. The largest absolute Gasteiger partial charge is 0.508 e. The van der Waals surface area contributed by atoms with Crippen LogP contribution in [-0.2, 0) is 6.42 Å². The van der Waals surface area contributed by atoms with Crippen LogP contribution < -0.4 is 9.67 Å². The van der Waals surface area contributed by atoms with Crippen molar-refractivity contribution >= 4 is 35.0 Å². The predicted octanol–water partition coefficient (Wildman–Crippen LogP) is 2.96. The number of phenols is 2. The van der Waals surface area contributed by atoms with E-state index in [1.54, 1.807) is 12.1 Å². The summed E-state index contributed by atoms with van der Waals surface area (Å²) in [6, 6.07) is 9.86. The van der Waals surface area contributed by atoms with Gasteiger partial charge in [0.05, 0.1) is 17.3 Å². The molecule has 0 saturated heterocycles. The molecule has 0 amide bonds. The normalized spacial score (nSPS) is 12.0. The highest BCUT2D eigenvalue weighted by Crippen LogP contribution is 2.32. The van der Waals surface area contributed by atoms with E-state index in [1.807, 2.05) is 0 Å². The number of anilines is 1. The van der Waals surface area contributed by atoms with Gasteiger partial charge in [0.25, 0.3) is 0 Å². The Kier molecular flexibility index (Phi) is 5.13. The fourth-order valence-corrected chi connectivity index (χ4v) is 2.37. The molecule has 0 spiro atoms. The van der Waals surface area contributed by atoms with E-state index in [9.17, 15) is 15.0 Å². The Labute approximate surface area is 137 Å². The Morgan fingerprint density at radius 3 is 2.36 bits per heavy atom. The predicted molar refractivity (Wildman–Crippen MR) is 86.4 cm³/mol. The molecule has 0 fully saturated rings. The van der Waals surface area contributed by atoms with Crippen molar-refractivity contribution < 1.29 is 15.0 Å². The molecule has 22 heavy (non-hydrogen) atoms. The minimum absolute atomic E-state index is 0.0289. The van der Waals surface area contributed by atoms with Crippen LogP contribution in [0.25, 0.3) is 0 Å². The summed E-state index contributed by atoms with van der Waals surface area (Å²) in [5.41, 5.74) is 6.84. The molecule has 2 aromatic rings. The van der Waals surface area contributed by atoms with Gasteiger partial charge in [0, 0.05) is 23.6 Å². The molecule has 0 saturated carbocycles. The van der Waals surface area contributed by atoms with Crippen LogP contribution in [-0.4, -0.2) is 22.0 Å². The lowest BCUT2D eigenvalue weighted by Gasteiger charge is -2.16. The first-order valence-electron chi connectivity index (χ1n) is 6.41. The number of hydrogen-bond donors (Lipinski definition) is 3. The van der Waals surface area contributed by atoms with Gasteiger partial charge in [-0.2, -0.15) is 3.94 Å². The van der Waals surface area contributed by atoms with Crippen LogP contribution >= 0.6 is 23.6 Å². The molecule has 116 valence electrons. The molecular weight excluding hydrogens is 327 g/mol. The summed E-state index contributed by atoms with van der Waals surface area (Å²) >= 11 is 11.3. The number of nitrogens with two attached hydrogens (primary N) is 1. The topological polar surface area (TPSA) is 86.8 Å². The molecule has 0 heterocycles. The number of carbonyl (C=O) groups excluding carboxylic acids is 1. The van der Waals surface area contributed by atoms with Crippen LogP contribution in [0.15, 0.2) is 42.5 Å². The molecule has 0 aromatic heterocycles. The van der Waals surface area contributed by atoms with Gasteiger partial charge in [-0.15, -0.1) is 0 Å². The first kappa shape index (κ1) is 16.4. The lowest BCUT2D eigenvalue weighted by Crippen LogP contribution is -2.33. The van der Waals surface area contributed by atoms with Crippen LogP contribution in [0.5, 0.6) is 11.5 Å². The maximum atomic E-state index is 12.5. The number of ketones is 1. The Hall–Kier alpha value is -1.95. The first-order valence-corrected chi connectivity index (χ1v) is 7.09. The number of hydrogen-bond acceptors (Lipinski definition) is 5. The maximum Gasteiger partial charge on any atom is 0.185 e. The molecule has 0 aliphatic heterocycles. The zero-order valence-electron chi connectivity index (χ0n) is 11.4. The minimum Gasteiger partial charge on any atom is -0.508 e. The number of benzene rings is 2. The van der Waals surface area contributed by atoms with Crippen LogP contribution in [0.2, 0.25) is 0 Å². The van der Waals surface area contributed by atoms with Gasteiger partial charge in [-0.05, 0) is 36.2 Å². The molecule has 0 radical (unpaired) electrons. The van der Waals surface area contributed by atoms with Crippen molar-refractivity contribution in [1.29, 1.82) is 0 Å². The molecule has 2 rings (SSSR count). The lowest BCUT2D eigenvalue weighted by atomic mass is 9.96. The highest BCUT2D eigenvalue weighted by Gasteiger charge is 2.24. The van der Waals surface area contributed by atoms with Gasteiger partial charge >= 0.3 is 0 Å². The second-order valence-electron chi connectivity index (χ2n) is 4.75. The number of aromatic hydroxyl groups is 2. The molecule has 0 aliphatic carbocycles. The fraction of sp³-hybridized carbons (Fsp3) is 0.133. The fourth-order valence-electron chi connectivity index (χ4n) is 2.09. The van der Waals surface area contributed by atoms with Crippen molar-refractivity contribution in [3.05, 3.63) is 53.6 Å². The molecule has 0 bridgehead atoms. The quantitative estimate of drug-likeness (QED) is 0.575. The van der Waals surface area contributed by atoms with Crippen molar-refractivity contribution in [3.8, 4) is 11.5 Å². The van der Waals surface area contributed by atoms with E-state index in [0.29, 0.717) is 3.94 Å². The van der Waals surface area contributed by atoms with E-state index >= 15 is 0 Å². The van der Waals surface area contributed by atoms with E-state index in [-0.39, 0.29) is 29.2 Å². The van der Waals surface area contributed by atoms with Gasteiger partial charge in [-0.3, -0.25) is 4.79 Å². The number of halogens is 2. The molecule has 5 nitrogen and oxygen atoms in total. The Bertz CT molecular complexity index is 675. The highest BCUT2D eigenvalue weighted by atomic mass is 35.5. The number of phenolic OH excluding ortho intramolecular Hbond substituents is 2. The van der Waals surface area contributed by atoms with E-state index in [4.69, 9.17) is 29.3 Å². The third-order valence-corrected chi connectivity index (χ3v) is 3.54. The van der Waals surface area contributed by atoms with Crippen LogP contribution in [0.1, 0.15) is 15.9 Å². The number of rotatable bonds is 5. The third kappa shape index (κ3) is 3.62. The second kappa shape index (κ2) is 6.87. The zero-order valence-corrected chi connectivity index (χ0v) is 12.9. The highest BCUT2D eigenvalue weighted by molar-refractivity contribution is 6.50. The van der Waals surface area contributed by atoms with Gasteiger partial charge in [0.15, 0.2) is 5.78 Å². The summed E-state index contributed by atoms with van der Waals surface area (Å²) in [6.07, 6.45) is 0.247. The zero-order chi connectivity index (χ0) is 16.3. The molecular formula is C15H14Cl2N2O3. The molecule has 4 N–H and O–H groups in total. The Balaban J connectivity index is 2.26. The van der Waals surface area contributed by atoms with Gasteiger partial charge in [0.1, 0.15) is 11.5 Å². The van der Waals surface area contributed by atoms with Crippen molar-refractivity contribution in [3.63, 3.8) is 0 Å². The van der Waals surface area contributed by atoms with Crippen LogP contribution in [0, 0.1) is 0 Å². The van der Waals surface area contributed by atoms with Crippen LogP contribution in [0.4, 0.5) is 5.69 Å².